The highest BCUT2D eigenvalue weighted by Gasteiger charge is 2.33. The molecule has 1 aromatic heterocycles. The van der Waals surface area contributed by atoms with E-state index in [2.05, 4.69) is 25.7 Å². The first-order valence-electron chi connectivity index (χ1n) is 3.92. The van der Waals surface area contributed by atoms with Gasteiger partial charge in [0, 0.05) is 12.6 Å². The highest BCUT2D eigenvalue weighted by atomic mass is 79.9. The Balaban J connectivity index is 3.25. The maximum atomic E-state index is 12.0. The van der Waals surface area contributed by atoms with Gasteiger partial charge in [0.05, 0.1) is 5.69 Å². The second-order valence-electron chi connectivity index (χ2n) is 2.64. The molecule has 0 fully saturated rings. The van der Waals surface area contributed by atoms with Crippen LogP contribution in [-0.4, -0.2) is 11.3 Å². The Morgan fingerprint density at radius 1 is 1.56 bits per heavy atom. The van der Waals surface area contributed by atoms with Crippen molar-refractivity contribution in [3.8, 4) is 11.8 Å². The van der Waals surface area contributed by atoms with Crippen LogP contribution in [-0.2, 0) is 6.54 Å². The normalized spacial score (nSPS) is 11.0. The van der Waals surface area contributed by atoms with Gasteiger partial charge in [-0.25, -0.2) is 4.98 Å². The monoisotopic (exact) mass is 295 g/mol. The number of hydrogen-bond acceptors (Lipinski definition) is 4. The SMILES string of the molecule is N#Cc1c(OC(F)(F)F)cc(CN)nc1Br. The van der Waals surface area contributed by atoms with Crippen LogP contribution in [0.2, 0.25) is 0 Å². The van der Waals surface area contributed by atoms with E-state index in [0.717, 1.165) is 6.07 Å². The summed E-state index contributed by atoms with van der Waals surface area (Å²) in [6.45, 7) is -0.0570. The highest BCUT2D eigenvalue weighted by Crippen LogP contribution is 2.30. The van der Waals surface area contributed by atoms with E-state index >= 15 is 0 Å². The zero-order valence-corrected chi connectivity index (χ0v) is 9.26. The van der Waals surface area contributed by atoms with Gasteiger partial charge in [0.25, 0.3) is 0 Å². The number of alkyl halides is 3. The van der Waals surface area contributed by atoms with E-state index in [-0.39, 0.29) is 22.4 Å². The maximum absolute atomic E-state index is 12.0. The van der Waals surface area contributed by atoms with Crippen LogP contribution in [0.3, 0.4) is 0 Å². The minimum Gasteiger partial charge on any atom is -0.404 e. The molecule has 0 aromatic carbocycles. The number of rotatable bonds is 2. The smallest absolute Gasteiger partial charge is 0.404 e. The van der Waals surface area contributed by atoms with Crippen LogP contribution in [0.15, 0.2) is 10.7 Å². The van der Waals surface area contributed by atoms with Crippen molar-refractivity contribution in [3.05, 3.63) is 21.9 Å². The van der Waals surface area contributed by atoms with Crippen LogP contribution in [0.5, 0.6) is 5.75 Å². The van der Waals surface area contributed by atoms with Crippen LogP contribution >= 0.6 is 15.9 Å². The Morgan fingerprint density at radius 3 is 2.62 bits per heavy atom. The fourth-order valence-corrected chi connectivity index (χ4v) is 1.46. The minimum atomic E-state index is -4.86. The van der Waals surface area contributed by atoms with Gasteiger partial charge in [-0.3, -0.25) is 0 Å². The molecule has 16 heavy (non-hydrogen) atoms. The van der Waals surface area contributed by atoms with E-state index in [4.69, 9.17) is 11.0 Å². The van der Waals surface area contributed by atoms with E-state index in [9.17, 15) is 13.2 Å². The third kappa shape index (κ3) is 3.08. The van der Waals surface area contributed by atoms with Gasteiger partial charge in [0.1, 0.15) is 16.2 Å². The predicted octanol–water partition coefficient (Wildman–Crippen LogP) is 2.07. The van der Waals surface area contributed by atoms with Crippen molar-refractivity contribution >= 4 is 15.9 Å². The van der Waals surface area contributed by atoms with E-state index in [0.29, 0.717) is 0 Å². The maximum Gasteiger partial charge on any atom is 0.573 e. The number of halogens is 4. The van der Waals surface area contributed by atoms with Gasteiger partial charge in [0.15, 0.2) is 5.75 Å². The Bertz CT molecular complexity index is 441. The number of pyridine rings is 1. The minimum absolute atomic E-state index is 0.0304. The lowest BCUT2D eigenvalue weighted by molar-refractivity contribution is -0.274. The molecule has 86 valence electrons. The number of nitrogens with zero attached hydrogens (tertiary/aromatic N) is 2. The fraction of sp³-hybridized carbons (Fsp3) is 0.250. The summed E-state index contributed by atoms with van der Waals surface area (Å²) in [5, 5.41) is 8.66. The molecule has 2 N–H and O–H groups in total. The molecule has 0 spiro atoms. The summed E-state index contributed by atoms with van der Waals surface area (Å²) in [5.74, 6) is -0.614. The molecule has 1 rings (SSSR count). The quantitative estimate of drug-likeness (QED) is 0.848. The summed E-state index contributed by atoms with van der Waals surface area (Å²) in [6, 6.07) is 2.55. The number of ether oxygens (including phenoxy) is 1. The van der Waals surface area contributed by atoms with Crippen molar-refractivity contribution in [1.82, 2.24) is 4.98 Å². The van der Waals surface area contributed by atoms with Gasteiger partial charge in [-0.1, -0.05) is 0 Å². The van der Waals surface area contributed by atoms with Crippen molar-refractivity contribution in [2.45, 2.75) is 12.9 Å². The van der Waals surface area contributed by atoms with Gasteiger partial charge < -0.3 is 10.5 Å². The Morgan fingerprint density at radius 2 is 2.19 bits per heavy atom. The third-order valence-corrected chi connectivity index (χ3v) is 2.11. The molecule has 0 bridgehead atoms. The van der Waals surface area contributed by atoms with Crippen molar-refractivity contribution in [2.75, 3.05) is 0 Å². The van der Waals surface area contributed by atoms with Crippen LogP contribution in [0, 0.1) is 11.3 Å². The van der Waals surface area contributed by atoms with E-state index in [1.54, 1.807) is 6.07 Å². The molecular weight excluding hydrogens is 291 g/mol. The zero-order valence-electron chi connectivity index (χ0n) is 7.68. The summed E-state index contributed by atoms with van der Waals surface area (Å²) in [7, 11) is 0. The lowest BCUT2D eigenvalue weighted by Crippen LogP contribution is -2.18. The zero-order chi connectivity index (χ0) is 12.3. The molecule has 4 nitrogen and oxygen atoms in total. The largest absolute Gasteiger partial charge is 0.573 e. The Labute approximate surface area is 97.0 Å². The molecule has 0 aliphatic rings. The van der Waals surface area contributed by atoms with Crippen molar-refractivity contribution in [1.29, 1.82) is 5.26 Å². The highest BCUT2D eigenvalue weighted by molar-refractivity contribution is 9.10. The average Bonchev–Trinajstić information content (AvgIpc) is 2.14. The Hall–Kier alpha value is -1.33. The first-order chi connectivity index (χ1) is 7.37. The molecule has 1 aromatic rings. The summed E-state index contributed by atoms with van der Waals surface area (Å²) >= 11 is 2.87. The van der Waals surface area contributed by atoms with Crippen molar-refractivity contribution in [2.24, 2.45) is 5.73 Å². The molecule has 0 radical (unpaired) electrons. The summed E-state index contributed by atoms with van der Waals surface area (Å²) in [6.07, 6.45) is -4.86. The first-order valence-corrected chi connectivity index (χ1v) is 4.72. The molecule has 0 saturated carbocycles. The predicted molar refractivity (Wildman–Crippen MR) is 51.2 cm³/mol. The average molecular weight is 296 g/mol. The van der Waals surface area contributed by atoms with E-state index in [1.165, 1.54) is 0 Å². The van der Waals surface area contributed by atoms with Gasteiger partial charge in [-0.2, -0.15) is 5.26 Å². The number of hydrogen-bond donors (Lipinski definition) is 1. The second-order valence-corrected chi connectivity index (χ2v) is 3.39. The second kappa shape index (κ2) is 4.67. The molecule has 8 heteroatoms. The summed E-state index contributed by atoms with van der Waals surface area (Å²) in [5.41, 5.74) is 5.10. The van der Waals surface area contributed by atoms with Gasteiger partial charge in [-0.15, -0.1) is 13.2 Å². The molecular formula is C8H5BrF3N3O. The lowest BCUT2D eigenvalue weighted by atomic mass is 10.2. The summed E-state index contributed by atoms with van der Waals surface area (Å²) in [4.78, 5) is 3.77. The molecule has 0 aliphatic heterocycles. The molecule has 0 atom stereocenters. The molecule has 0 amide bonds. The number of aromatic nitrogens is 1. The molecule has 0 unspecified atom stereocenters. The molecule has 0 aliphatic carbocycles. The van der Waals surface area contributed by atoms with Crippen LogP contribution in [0.1, 0.15) is 11.3 Å². The topological polar surface area (TPSA) is 71.9 Å². The van der Waals surface area contributed by atoms with Gasteiger partial charge in [0.2, 0.25) is 0 Å². The van der Waals surface area contributed by atoms with E-state index < -0.39 is 12.1 Å². The standard InChI is InChI=1S/C8H5BrF3N3O/c9-7-5(3-14)6(16-8(10,11)12)1-4(2-13)15-7/h1H,2,13H2. The van der Waals surface area contributed by atoms with Gasteiger partial charge >= 0.3 is 6.36 Å². The van der Waals surface area contributed by atoms with Crippen LogP contribution in [0.25, 0.3) is 0 Å². The van der Waals surface area contributed by atoms with E-state index in [1.807, 2.05) is 0 Å². The Kier molecular flexibility index (Phi) is 3.72. The fourth-order valence-electron chi connectivity index (χ4n) is 0.950. The number of nitrogens with two attached hydrogens (primary N) is 1. The first kappa shape index (κ1) is 12.7. The third-order valence-electron chi connectivity index (χ3n) is 1.54. The van der Waals surface area contributed by atoms with Crippen LogP contribution < -0.4 is 10.5 Å². The van der Waals surface area contributed by atoms with Crippen molar-refractivity contribution in [3.63, 3.8) is 0 Å². The lowest BCUT2D eigenvalue weighted by Gasteiger charge is -2.11. The van der Waals surface area contributed by atoms with Crippen LogP contribution in [0.4, 0.5) is 13.2 Å². The summed E-state index contributed by atoms with van der Waals surface area (Å²) < 4.78 is 39.7. The molecule has 0 saturated heterocycles. The van der Waals surface area contributed by atoms with Crippen molar-refractivity contribution < 1.29 is 17.9 Å². The van der Waals surface area contributed by atoms with Gasteiger partial charge in [-0.05, 0) is 15.9 Å². The number of nitriles is 1. The molecule has 1 heterocycles.